The van der Waals surface area contributed by atoms with Gasteiger partial charge in [0.25, 0.3) is 0 Å². The van der Waals surface area contributed by atoms with E-state index >= 15 is 0 Å². The van der Waals surface area contributed by atoms with Gasteiger partial charge in [0.05, 0.1) is 6.61 Å². The van der Waals surface area contributed by atoms with Gasteiger partial charge >= 0.3 is 0 Å². The number of halogens is 1. The van der Waals surface area contributed by atoms with Gasteiger partial charge in [-0.25, -0.2) is 0 Å². The predicted molar refractivity (Wildman–Crippen MR) is 46.1 cm³/mol. The number of rotatable bonds is 4. The molecule has 0 aliphatic heterocycles. The van der Waals surface area contributed by atoms with Crippen molar-refractivity contribution >= 4 is 11.6 Å². The van der Waals surface area contributed by atoms with Gasteiger partial charge in [-0.05, 0) is 12.5 Å². The Kier molecular flexibility index (Phi) is 3.84. The minimum Gasteiger partial charge on any atom is -0.493 e. The molecule has 0 amide bonds. The summed E-state index contributed by atoms with van der Waals surface area (Å²) in [6, 6.07) is 10.5. The van der Waals surface area contributed by atoms with Crippen molar-refractivity contribution in [3.63, 3.8) is 0 Å². The molecule has 0 heterocycles. The second-order valence-corrected chi connectivity index (χ2v) is 2.50. The van der Waals surface area contributed by atoms with Crippen LogP contribution in [0.5, 0.6) is 5.75 Å². The van der Waals surface area contributed by atoms with Crippen molar-refractivity contribution in [1.82, 2.24) is 0 Å². The zero-order valence-corrected chi connectivity index (χ0v) is 6.97. The van der Waals surface area contributed by atoms with Gasteiger partial charge in [0.15, 0.2) is 0 Å². The van der Waals surface area contributed by atoms with Crippen LogP contribution in [-0.4, -0.2) is 12.5 Å². The molecule has 0 saturated carbocycles. The first-order chi connectivity index (χ1) is 5.43. The van der Waals surface area contributed by atoms with Crippen molar-refractivity contribution in [1.29, 1.82) is 0 Å². The monoisotopic (exact) mass is 169 g/mol. The van der Waals surface area contributed by atoms with Crippen molar-refractivity contribution in [3.05, 3.63) is 30.3 Å². The van der Waals surface area contributed by atoms with Crippen LogP contribution in [0.4, 0.5) is 0 Å². The molecule has 0 unspecified atom stereocenters. The molecular weight excluding hydrogens is 160 g/mol. The summed E-state index contributed by atoms with van der Waals surface area (Å²) in [7, 11) is 0. The average Bonchev–Trinajstić information content (AvgIpc) is 2.07. The molecule has 1 aromatic rings. The van der Waals surface area contributed by atoms with Crippen molar-refractivity contribution < 1.29 is 4.74 Å². The topological polar surface area (TPSA) is 9.23 Å². The van der Waals surface area contributed by atoms with Crippen LogP contribution in [0.3, 0.4) is 0 Å². The smallest absolute Gasteiger partial charge is 0.127 e. The summed E-state index contributed by atoms with van der Waals surface area (Å²) in [6.45, 7) is 0.671. The van der Waals surface area contributed by atoms with E-state index in [1.807, 2.05) is 24.3 Å². The van der Waals surface area contributed by atoms with Crippen molar-refractivity contribution in [2.45, 2.75) is 6.42 Å². The van der Waals surface area contributed by atoms with Crippen LogP contribution in [0.25, 0.3) is 0 Å². The normalized spacial score (nSPS) is 9.55. The molecule has 0 atom stereocenters. The highest BCUT2D eigenvalue weighted by atomic mass is 35.5. The van der Waals surface area contributed by atoms with E-state index in [1.54, 1.807) is 0 Å². The second-order valence-electron chi connectivity index (χ2n) is 2.12. The van der Waals surface area contributed by atoms with E-state index < -0.39 is 0 Å². The van der Waals surface area contributed by atoms with Crippen LogP contribution in [0.2, 0.25) is 0 Å². The fraction of sp³-hybridized carbons (Fsp3) is 0.333. The van der Waals surface area contributed by atoms with E-state index in [-0.39, 0.29) is 0 Å². The van der Waals surface area contributed by atoms with Crippen molar-refractivity contribution in [2.24, 2.45) is 0 Å². The molecule has 0 saturated heterocycles. The third-order valence-corrected chi connectivity index (χ3v) is 1.48. The van der Waals surface area contributed by atoms with E-state index in [1.165, 1.54) is 0 Å². The van der Waals surface area contributed by atoms with Gasteiger partial charge in [-0.15, -0.1) is 11.6 Å². The lowest BCUT2D eigenvalue weighted by Crippen LogP contribution is -1.97. The summed E-state index contributed by atoms with van der Waals surface area (Å²) < 4.78 is 5.31. The van der Waals surface area contributed by atoms with Crippen molar-refractivity contribution in [3.8, 4) is 5.75 Å². The standard InChI is InChI=1S/C9H10ClO/c10-7-4-8-11-9-5-2-1-3-6-9/h1-3,5H,4,7-8H2. The Balaban J connectivity index is 2.28. The number of ether oxygens (including phenoxy) is 1. The first-order valence-corrected chi connectivity index (χ1v) is 4.12. The van der Waals surface area contributed by atoms with Crippen LogP contribution in [0.15, 0.2) is 24.3 Å². The quantitative estimate of drug-likeness (QED) is 0.497. The van der Waals surface area contributed by atoms with E-state index in [4.69, 9.17) is 16.3 Å². The molecule has 0 bridgehead atoms. The average molecular weight is 170 g/mol. The first-order valence-electron chi connectivity index (χ1n) is 3.59. The van der Waals surface area contributed by atoms with Crippen LogP contribution >= 0.6 is 11.6 Å². The van der Waals surface area contributed by atoms with Crippen LogP contribution in [0, 0.1) is 6.07 Å². The molecule has 0 aliphatic carbocycles. The van der Waals surface area contributed by atoms with Crippen LogP contribution in [0.1, 0.15) is 6.42 Å². The molecule has 1 aromatic carbocycles. The summed E-state index contributed by atoms with van der Waals surface area (Å²) in [5.74, 6) is 1.44. The van der Waals surface area contributed by atoms with E-state index in [9.17, 15) is 0 Å². The molecule has 0 aromatic heterocycles. The molecule has 0 spiro atoms. The third-order valence-electron chi connectivity index (χ3n) is 1.22. The lowest BCUT2D eigenvalue weighted by Gasteiger charge is -2.02. The molecule has 11 heavy (non-hydrogen) atoms. The van der Waals surface area contributed by atoms with Crippen LogP contribution < -0.4 is 4.74 Å². The maximum absolute atomic E-state index is 5.48. The van der Waals surface area contributed by atoms with E-state index in [0.29, 0.717) is 12.5 Å². The Morgan fingerprint density at radius 1 is 1.45 bits per heavy atom. The molecule has 2 heteroatoms. The maximum atomic E-state index is 5.48. The number of hydrogen-bond donors (Lipinski definition) is 0. The van der Waals surface area contributed by atoms with Gasteiger partial charge in [0.2, 0.25) is 0 Å². The Morgan fingerprint density at radius 2 is 2.36 bits per heavy atom. The van der Waals surface area contributed by atoms with Gasteiger partial charge in [0, 0.05) is 11.9 Å². The fourth-order valence-corrected chi connectivity index (χ4v) is 0.812. The third kappa shape index (κ3) is 3.28. The fourth-order valence-electron chi connectivity index (χ4n) is 0.703. The number of para-hydroxylation sites is 1. The molecule has 0 N–H and O–H groups in total. The second kappa shape index (κ2) is 5.03. The Labute approximate surface area is 71.9 Å². The van der Waals surface area contributed by atoms with Gasteiger partial charge in [0.1, 0.15) is 5.75 Å². The lowest BCUT2D eigenvalue weighted by molar-refractivity contribution is 0.317. The van der Waals surface area contributed by atoms with Gasteiger partial charge in [-0.1, -0.05) is 18.2 Å². The maximum Gasteiger partial charge on any atom is 0.127 e. The molecule has 0 aliphatic rings. The zero-order chi connectivity index (χ0) is 7.94. The minimum atomic E-state index is 0.646. The molecule has 0 fully saturated rings. The van der Waals surface area contributed by atoms with Gasteiger partial charge < -0.3 is 4.74 Å². The molecule has 1 rings (SSSR count). The van der Waals surface area contributed by atoms with Gasteiger partial charge in [-0.2, -0.15) is 0 Å². The number of hydrogen-bond acceptors (Lipinski definition) is 1. The summed E-state index contributed by atoms with van der Waals surface area (Å²) in [6.07, 6.45) is 0.879. The lowest BCUT2D eigenvalue weighted by atomic mass is 10.3. The van der Waals surface area contributed by atoms with E-state index in [0.717, 1.165) is 12.2 Å². The Hall–Kier alpha value is -0.690. The molecule has 59 valence electrons. The van der Waals surface area contributed by atoms with Crippen molar-refractivity contribution in [2.75, 3.05) is 12.5 Å². The highest BCUT2D eigenvalue weighted by Gasteiger charge is 1.89. The highest BCUT2D eigenvalue weighted by Crippen LogP contribution is 2.07. The SMILES string of the molecule is ClCCCOc1[c]cccc1. The summed E-state index contributed by atoms with van der Waals surface area (Å²) in [5.41, 5.74) is 0. The zero-order valence-electron chi connectivity index (χ0n) is 6.22. The first kappa shape index (κ1) is 8.41. The largest absolute Gasteiger partial charge is 0.493 e. The summed E-state index contributed by atoms with van der Waals surface area (Å²) >= 11 is 5.48. The highest BCUT2D eigenvalue weighted by molar-refractivity contribution is 6.17. The minimum absolute atomic E-state index is 0.646. The van der Waals surface area contributed by atoms with Crippen LogP contribution in [-0.2, 0) is 0 Å². The predicted octanol–water partition coefficient (Wildman–Crippen LogP) is 2.49. The molecular formula is C9H10ClO. The summed E-state index contributed by atoms with van der Waals surface area (Å²) in [4.78, 5) is 0. The summed E-state index contributed by atoms with van der Waals surface area (Å²) in [5, 5.41) is 0. The number of benzene rings is 1. The number of alkyl halides is 1. The molecule has 1 radical (unpaired) electrons. The Morgan fingerprint density at radius 3 is 3.00 bits per heavy atom. The Bertz CT molecular complexity index is 186. The molecule has 1 nitrogen and oxygen atoms in total. The van der Waals surface area contributed by atoms with Gasteiger partial charge in [-0.3, -0.25) is 0 Å². The van der Waals surface area contributed by atoms with E-state index in [2.05, 4.69) is 6.07 Å².